The Balaban J connectivity index is 2.49. The molecule has 0 saturated heterocycles. The van der Waals surface area contributed by atoms with E-state index in [9.17, 15) is 18.4 Å². The van der Waals surface area contributed by atoms with E-state index >= 15 is 0 Å². The van der Waals surface area contributed by atoms with Gasteiger partial charge in [-0.25, -0.2) is 9.97 Å². The van der Waals surface area contributed by atoms with E-state index in [0.717, 1.165) is 16.3 Å². The highest BCUT2D eigenvalue weighted by Crippen LogP contribution is 2.36. The average Bonchev–Trinajstić information content (AvgIpc) is 3.01. The van der Waals surface area contributed by atoms with Gasteiger partial charge in [0.05, 0.1) is 26.2 Å². The first-order chi connectivity index (χ1) is 10.5. The lowest BCUT2D eigenvalue weighted by Crippen LogP contribution is -2.10. The van der Waals surface area contributed by atoms with Crippen molar-refractivity contribution >= 4 is 34.3 Å². The van der Waals surface area contributed by atoms with Gasteiger partial charge in [-0.3, -0.25) is 0 Å². The van der Waals surface area contributed by atoms with E-state index in [-0.39, 0.29) is 15.9 Å². The molecule has 2 aromatic rings. The molecular weight excluding hydrogens is 343 g/mol. The molecule has 122 valence electrons. The van der Waals surface area contributed by atoms with Gasteiger partial charge in [0.25, 0.3) is 0 Å². The van der Waals surface area contributed by atoms with Gasteiger partial charge in [-0.05, 0) is 13.0 Å². The molecule has 0 aliphatic rings. The minimum absolute atomic E-state index is 0.0724. The van der Waals surface area contributed by atoms with Crippen molar-refractivity contribution in [2.24, 2.45) is 0 Å². The standard InChI is InChI=1S/C15H14F3N3S2/c1-8-20-12(15(16,17)18)11(23-8)5-9(6-19)10-7-22-13(21-10)14(2,3)4/h5,7H,1-4H3/b9-5+. The first-order valence-corrected chi connectivity index (χ1v) is 8.35. The van der Waals surface area contributed by atoms with E-state index < -0.39 is 11.9 Å². The second kappa shape index (κ2) is 6.06. The van der Waals surface area contributed by atoms with Crippen LogP contribution in [0.2, 0.25) is 0 Å². The van der Waals surface area contributed by atoms with E-state index in [1.807, 2.05) is 26.8 Å². The lowest BCUT2D eigenvalue weighted by Gasteiger charge is -2.13. The van der Waals surface area contributed by atoms with Crippen LogP contribution in [0, 0.1) is 18.3 Å². The zero-order valence-corrected chi connectivity index (χ0v) is 14.6. The molecule has 0 saturated carbocycles. The van der Waals surface area contributed by atoms with Crippen molar-refractivity contribution in [3.8, 4) is 6.07 Å². The van der Waals surface area contributed by atoms with Gasteiger partial charge in [-0.1, -0.05) is 20.8 Å². The van der Waals surface area contributed by atoms with Crippen LogP contribution in [0.25, 0.3) is 11.6 Å². The summed E-state index contributed by atoms with van der Waals surface area (Å²) in [7, 11) is 0. The van der Waals surface area contributed by atoms with Crippen LogP contribution in [-0.2, 0) is 11.6 Å². The van der Waals surface area contributed by atoms with Crippen LogP contribution in [0.1, 0.15) is 47.1 Å². The molecule has 0 unspecified atom stereocenters. The summed E-state index contributed by atoms with van der Waals surface area (Å²) >= 11 is 2.30. The molecule has 3 nitrogen and oxygen atoms in total. The fourth-order valence-electron chi connectivity index (χ4n) is 1.78. The molecule has 0 bridgehead atoms. The van der Waals surface area contributed by atoms with E-state index in [1.165, 1.54) is 24.3 Å². The maximum absolute atomic E-state index is 13.0. The molecule has 0 radical (unpaired) electrons. The van der Waals surface area contributed by atoms with Crippen molar-refractivity contribution in [1.29, 1.82) is 5.26 Å². The van der Waals surface area contributed by atoms with Crippen LogP contribution in [-0.4, -0.2) is 9.97 Å². The number of allylic oxidation sites excluding steroid dienone is 1. The Kier molecular flexibility index (Phi) is 4.64. The number of rotatable bonds is 2. The van der Waals surface area contributed by atoms with Crippen molar-refractivity contribution in [3.63, 3.8) is 0 Å². The van der Waals surface area contributed by atoms with E-state index in [4.69, 9.17) is 0 Å². The van der Waals surface area contributed by atoms with Crippen molar-refractivity contribution in [2.75, 3.05) is 0 Å². The van der Waals surface area contributed by atoms with Crippen LogP contribution in [0.3, 0.4) is 0 Å². The third-order valence-corrected chi connectivity index (χ3v) is 5.03. The highest BCUT2D eigenvalue weighted by Gasteiger charge is 2.36. The smallest absolute Gasteiger partial charge is 0.240 e. The van der Waals surface area contributed by atoms with Crippen LogP contribution >= 0.6 is 22.7 Å². The molecule has 0 spiro atoms. The van der Waals surface area contributed by atoms with Crippen LogP contribution in [0.4, 0.5) is 13.2 Å². The fraction of sp³-hybridized carbons (Fsp3) is 0.400. The van der Waals surface area contributed by atoms with Crippen molar-refractivity contribution in [3.05, 3.63) is 31.7 Å². The van der Waals surface area contributed by atoms with E-state index in [2.05, 4.69) is 9.97 Å². The third kappa shape index (κ3) is 3.98. The SMILES string of the molecule is Cc1nc(C(F)(F)F)c(/C=C(\C#N)c2csc(C(C)(C)C)n2)s1. The molecule has 0 aromatic carbocycles. The van der Waals surface area contributed by atoms with Gasteiger partial charge in [-0.2, -0.15) is 18.4 Å². The summed E-state index contributed by atoms with van der Waals surface area (Å²) in [6, 6.07) is 1.94. The molecule has 8 heteroatoms. The van der Waals surface area contributed by atoms with Crippen molar-refractivity contribution in [1.82, 2.24) is 9.97 Å². The molecule has 0 atom stereocenters. The van der Waals surface area contributed by atoms with Crippen LogP contribution in [0.5, 0.6) is 0 Å². The lowest BCUT2D eigenvalue weighted by molar-refractivity contribution is -0.140. The largest absolute Gasteiger partial charge is 0.434 e. The number of thiazole rings is 2. The summed E-state index contributed by atoms with van der Waals surface area (Å²) in [4.78, 5) is 7.83. The molecule has 0 aliphatic carbocycles. The summed E-state index contributed by atoms with van der Waals surface area (Å²) < 4.78 is 39.0. The zero-order chi connectivity index (χ0) is 17.4. The topological polar surface area (TPSA) is 49.6 Å². The first-order valence-electron chi connectivity index (χ1n) is 6.65. The summed E-state index contributed by atoms with van der Waals surface area (Å²) in [5.41, 5.74) is -0.645. The number of alkyl halides is 3. The highest BCUT2D eigenvalue weighted by molar-refractivity contribution is 7.12. The van der Waals surface area contributed by atoms with Gasteiger partial charge >= 0.3 is 6.18 Å². The zero-order valence-electron chi connectivity index (χ0n) is 12.9. The minimum Gasteiger partial charge on any atom is -0.240 e. The van der Waals surface area contributed by atoms with Gasteiger partial charge in [0, 0.05) is 10.8 Å². The van der Waals surface area contributed by atoms with E-state index in [0.29, 0.717) is 10.7 Å². The number of nitrogens with zero attached hydrogens (tertiary/aromatic N) is 3. The van der Waals surface area contributed by atoms with E-state index in [1.54, 1.807) is 5.38 Å². The second-order valence-electron chi connectivity index (χ2n) is 5.90. The number of hydrogen-bond donors (Lipinski definition) is 0. The monoisotopic (exact) mass is 357 g/mol. The molecule has 2 rings (SSSR count). The Morgan fingerprint density at radius 1 is 1.26 bits per heavy atom. The summed E-state index contributed by atoms with van der Waals surface area (Å²) in [6.07, 6.45) is -3.33. The third-order valence-electron chi connectivity index (χ3n) is 2.85. The minimum atomic E-state index is -4.55. The highest BCUT2D eigenvalue weighted by atomic mass is 32.1. The van der Waals surface area contributed by atoms with Gasteiger partial charge in [-0.15, -0.1) is 22.7 Å². The van der Waals surface area contributed by atoms with Crippen LogP contribution < -0.4 is 0 Å². The number of aryl methyl sites for hydroxylation is 1. The number of hydrogen-bond acceptors (Lipinski definition) is 5. The molecule has 2 aromatic heterocycles. The first kappa shape index (κ1) is 17.6. The summed E-state index contributed by atoms with van der Waals surface area (Å²) in [6.45, 7) is 7.46. The maximum Gasteiger partial charge on any atom is 0.434 e. The Morgan fingerprint density at radius 3 is 2.39 bits per heavy atom. The van der Waals surface area contributed by atoms with Gasteiger partial charge in [0.1, 0.15) is 6.07 Å². The maximum atomic E-state index is 13.0. The molecule has 23 heavy (non-hydrogen) atoms. The predicted octanol–water partition coefficient (Wildman–Crippen LogP) is 5.29. The fourth-order valence-corrected chi connectivity index (χ4v) is 3.58. The molecule has 2 heterocycles. The number of nitriles is 1. The predicted molar refractivity (Wildman–Crippen MR) is 86.2 cm³/mol. The molecular formula is C15H14F3N3S2. The summed E-state index contributed by atoms with van der Waals surface area (Å²) in [5, 5.41) is 12.1. The Labute approximate surface area is 140 Å². The summed E-state index contributed by atoms with van der Waals surface area (Å²) in [5.74, 6) is 0. The number of halogens is 3. The van der Waals surface area contributed by atoms with Gasteiger partial charge in [0.15, 0.2) is 5.69 Å². The number of aromatic nitrogens is 2. The Hall–Kier alpha value is -1.72. The van der Waals surface area contributed by atoms with Gasteiger partial charge < -0.3 is 0 Å². The van der Waals surface area contributed by atoms with Crippen molar-refractivity contribution in [2.45, 2.75) is 39.3 Å². The second-order valence-corrected chi connectivity index (χ2v) is 7.99. The molecule has 0 N–H and O–H groups in total. The Morgan fingerprint density at radius 2 is 1.91 bits per heavy atom. The molecule has 0 fully saturated rings. The molecule has 0 amide bonds. The molecule has 0 aliphatic heterocycles. The quantitative estimate of drug-likeness (QED) is 0.686. The lowest BCUT2D eigenvalue weighted by atomic mass is 9.98. The Bertz CT molecular complexity index is 786. The van der Waals surface area contributed by atoms with Crippen molar-refractivity contribution < 1.29 is 13.2 Å². The average molecular weight is 357 g/mol. The van der Waals surface area contributed by atoms with Gasteiger partial charge in [0.2, 0.25) is 0 Å². The normalized spacial score (nSPS) is 13.2. The van der Waals surface area contributed by atoms with Crippen LogP contribution in [0.15, 0.2) is 5.38 Å².